The molecule has 0 aliphatic carbocycles. The zero-order valence-electron chi connectivity index (χ0n) is 12.9. The van der Waals surface area contributed by atoms with E-state index >= 15 is 0 Å². The number of rotatable bonds is 8. The number of thioether (sulfide) groups is 1. The van der Waals surface area contributed by atoms with E-state index in [0.717, 1.165) is 9.90 Å². The lowest BCUT2D eigenvalue weighted by Crippen LogP contribution is -2.28. The molecule has 0 radical (unpaired) electrons. The van der Waals surface area contributed by atoms with Crippen LogP contribution in [0.25, 0.3) is 0 Å². The van der Waals surface area contributed by atoms with Gasteiger partial charge >= 0.3 is 0 Å². The molecule has 1 aromatic heterocycles. The normalized spacial score (nSPS) is 11.8. The van der Waals surface area contributed by atoms with Gasteiger partial charge in [0, 0.05) is 16.6 Å². The highest BCUT2D eigenvalue weighted by Gasteiger charge is 2.14. The molecule has 0 aliphatic rings. The van der Waals surface area contributed by atoms with Gasteiger partial charge in [0.05, 0.1) is 11.8 Å². The maximum atomic E-state index is 12.1. The maximum Gasteiger partial charge on any atom is 0.230 e. The predicted octanol–water partition coefficient (Wildman–Crippen LogP) is 4.41. The van der Waals surface area contributed by atoms with Crippen LogP contribution >= 0.6 is 46.3 Å². The zero-order valence-corrected chi connectivity index (χ0v) is 16.0. The summed E-state index contributed by atoms with van der Waals surface area (Å²) in [7, 11) is 0. The predicted molar refractivity (Wildman–Crippen MR) is 102 cm³/mol. The summed E-state index contributed by atoms with van der Waals surface area (Å²) in [5.74, 6) is 0.153. The van der Waals surface area contributed by atoms with Crippen molar-refractivity contribution in [3.63, 3.8) is 0 Å². The Bertz CT molecular complexity index is 723. The number of nitrogens with one attached hydrogen (secondary N) is 2. The standard InChI is InChI=1S/C15H16Cl2N4OS2/c1-3-6-18-14-20-21-15(24-14)23-8-13(22)19-9(2)11-5-4-10(16)7-12(11)17/h3-5,7,9H,1,6,8H2,2H3,(H,18,20)(H,19,22). The van der Waals surface area contributed by atoms with Crippen molar-refractivity contribution in [3.05, 3.63) is 46.5 Å². The third-order valence-corrected chi connectivity index (χ3v) is 5.51. The number of halogens is 2. The molecule has 0 saturated carbocycles. The van der Waals surface area contributed by atoms with Crippen LogP contribution in [0.1, 0.15) is 18.5 Å². The number of hydrogen-bond donors (Lipinski definition) is 2. The summed E-state index contributed by atoms with van der Waals surface area (Å²) in [6.07, 6.45) is 1.74. The van der Waals surface area contributed by atoms with E-state index in [-0.39, 0.29) is 17.7 Å². The fourth-order valence-corrected chi connectivity index (χ4v) is 3.98. The highest BCUT2D eigenvalue weighted by molar-refractivity contribution is 8.01. The van der Waals surface area contributed by atoms with E-state index in [1.165, 1.54) is 23.1 Å². The van der Waals surface area contributed by atoms with Crippen molar-refractivity contribution < 1.29 is 4.79 Å². The Kier molecular flexibility index (Phi) is 7.36. The average Bonchev–Trinajstić information content (AvgIpc) is 2.98. The SMILES string of the molecule is C=CCNc1nnc(SCC(=O)NC(C)c2ccc(Cl)cc2Cl)s1. The zero-order chi connectivity index (χ0) is 17.5. The first-order chi connectivity index (χ1) is 11.5. The van der Waals surface area contributed by atoms with Gasteiger partial charge in [-0.2, -0.15) is 0 Å². The number of benzene rings is 1. The summed E-state index contributed by atoms with van der Waals surface area (Å²) >= 11 is 14.8. The molecule has 1 amide bonds. The van der Waals surface area contributed by atoms with E-state index in [9.17, 15) is 4.79 Å². The van der Waals surface area contributed by atoms with E-state index in [1.807, 2.05) is 13.0 Å². The minimum Gasteiger partial charge on any atom is -0.357 e. The lowest BCUT2D eigenvalue weighted by molar-refractivity contribution is -0.119. The molecule has 1 atom stereocenters. The first kappa shape index (κ1) is 19.1. The Morgan fingerprint density at radius 3 is 2.96 bits per heavy atom. The molecule has 2 N–H and O–H groups in total. The van der Waals surface area contributed by atoms with Gasteiger partial charge in [-0.05, 0) is 24.6 Å². The number of carbonyl (C=O) groups excluding carboxylic acids is 1. The van der Waals surface area contributed by atoms with Gasteiger partial charge in [-0.15, -0.1) is 16.8 Å². The molecule has 0 saturated heterocycles. The molecule has 1 unspecified atom stereocenters. The van der Waals surface area contributed by atoms with Crippen molar-refractivity contribution in [1.82, 2.24) is 15.5 Å². The van der Waals surface area contributed by atoms with Crippen molar-refractivity contribution in [3.8, 4) is 0 Å². The number of carbonyl (C=O) groups is 1. The van der Waals surface area contributed by atoms with Crippen molar-refractivity contribution in [2.75, 3.05) is 17.6 Å². The van der Waals surface area contributed by atoms with E-state index in [2.05, 4.69) is 27.4 Å². The van der Waals surface area contributed by atoms with Crippen molar-refractivity contribution in [2.24, 2.45) is 0 Å². The van der Waals surface area contributed by atoms with Crippen LogP contribution in [0.3, 0.4) is 0 Å². The topological polar surface area (TPSA) is 66.9 Å². The van der Waals surface area contributed by atoms with Gasteiger partial charge in [-0.3, -0.25) is 4.79 Å². The van der Waals surface area contributed by atoms with Gasteiger partial charge in [-0.1, -0.05) is 58.4 Å². The van der Waals surface area contributed by atoms with Gasteiger partial charge in [-0.25, -0.2) is 0 Å². The van der Waals surface area contributed by atoms with E-state index in [1.54, 1.807) is 18.2 Å². The molecular weight excluding hydrogens is 387 g/mol. The number of anilines is 1. The second-order valence-electron chi connectivity index (χ2n) is 4.79. The van der Waals surface area contributed by atoms with Gasteiger partial charge in [0.25, 0.3) is 0 Å². The third kappa shape index (κ3) is 5.66. The van der Waals surface area contributed by atoms with Gasteiger partial charge in [0.1, 0.15) is 0 Å². The molecule has 0 spiro atoms. The van der Waals surface area contributed by atoms with Crippen LogP contribution in [0.2, 0.25) is 10.0 Å². The molecule has 24 heavy (non-hydrogen) atoms. The second-order valence-corrected chi connectivity index (χ2v) is 7.83. The number of amides is 1. The van der Waals surface area contributed by atoms with Gasteiger partial charge in [0.15, 0.2) is 4.34 Å². The van der Waals surface area contributed by atoms with Crippen LogP contribution in [-0.4, -0.2) is 28.4 Å². The quantitative estimate of drug-likeness (QED) is 0.505. The summed E-state index contributed by atoms with van der Waals surface area (Å²) in [4.78, 5) is 12.1. The van der Waals surface area contributed by atoms with Crippen LogP contribution < -0.4 is 10.6 Å². The van der Waals surface area contributed by atoms with Crippen molar-refractivity contribution in [1.29, 1.82) is 0 Å². The highest BCUT2D eigenvalue weighted by atomic mass is 35.5. The van der Waals surface area contributed by atoms with E-state index < -0.39 is 0 Å². The maximum absolute atomic E-state index is 12.1. The van der Waals surface area contributed by atoms with Crippen LogP contribution in [-0.2, 0) is 4.79 Å². The van der Waals surface area contributed by atoms with Crippen molar-refractivity contribution >= 4 is 57.3 Å². The molecule has 9 heteroatoms. The van der Waals surface area contributed by atoms with Crippen LogP contribution in [0, 0.1) is 0 Å². The number of nitrogens with zero attached hydrogens (tertiary/aromatic N) is 2. The minimum absolute atomic E-state index is 0.102. The summed E-state index contributed by atoms with van der Waals surface area (Å²) in [5, 5.41) is 15.8. The van der Waals surface area contributed by atoms with Crippen molar-refractivity contribution in [2.45, 2.75) is 17.3 Å². The second kappa shape index (κ2) is 9.27. The highest BCUT2D eigenvalue weighted by Crippen LogP contribution is 2.27. The van der Waals surface area contributed by atoms with Crippen LogP contribution in [0.5, 0.6) is 0 Å². The van der Waals surface area contributed by atoms with Gasteiger partial charge < -0.3 is 10.6 Å². The van der Waals surface area contributed by atoms with E-state index in [4.69, 9.17) is 23.2 Å². The lowest BCUT2D eigenvalue weighted by Gasteiger charge is -2.15. The fraction of sp³-hybridized carbons (Fsp3) is 0.267. The Morgan fingerprint density at radius 2 is 2.25 bits per heavy atom. The minimum atomic E-state index is -0.206. The first-order valence-corrected chi connectivity index (χ1v) is 9.60. The molecule has 2 aromatic rings. The molecular formula is C15H16Cl2N4OS2. The summed E-state index contributed by atoms with van der Waals surface area (Å²) in [6.45, 7) is 6.12. The fourth-order valence-electron chi connectivity index (χ4n) is 1.84. The Morgan fingerprint density at radius 1 is 1.46 bits per heavy atom. The Hall–Kier alpha value is -1.28. The molecule has 5 nitrogen and oxygen atoms in total. The molecule has 0 aliphatic heterocycles. The smallest absolute Gasteiger partial charge is 0.230 e. The number of aromatic nitrogens is 2. The summed E-state index contributed by atoms with van der Waals surface area (Å²) in [6, 6.07) is 5.01. The summed E-state index contributed by atoms with van der Waals surface area (Å²) < 4.78 is 0.730. The van der Waals surface area contributed by atoms with Gasteiger partial charge in [0.2, 0.25) is 11.0 Å². The first-order valence-electron chi connectivity index (χ1n) is 7.05. The average molecular weight is 403 g/mol. The molecule has 1 heterocycles. The molecule has 0 fully saturated rings. The largest absolute Gasteiger partial charge is 0.357 e. The van der Waals surface area contributed by atoms with Crippen LogP contribution in [0.15, 0.2) is 35.2 Å². The molecule has 1 aromatic carbocycles. The third-order valence-electron chi connectivity index (χ3n) is 2.94. The molecule has 128 valence electrons. The van der Waals surface area contributed by atoms with E-state index in [0.29, 0.717) is 21.7 Å². The number of hydrogen-bond acceptors (Lipinski definition) is 6. The monoisotopic (exact) mass is 402 g/mol. The lowest BCUT2D eigenvalue weighted by atomic mass is 10.1. The van der Waals surface area contributed by atoms with Crippen LogP contribution in [0.4, 0.5) is 5.13 Å². The molecule has 2 rings (SSSR count). The Labute approximate surface area is 158 Å². The summed E-state index contributed by atoms with van der Waals surface area (Å²) in [5.41, 5.74) is 0.825. The molecule has 0 bridgehead atoms. The Balaban J connectivity index is 1.84.